The smallest absolute Gasteiger partial charge is 0.248 e. The van der Waals surface area contributed by atoms with Gasteiger partial charge >= 0.3 is 0 Å². The van der Waals surface area contributed by atoms with Gasteiger partial charge in [0, 0.05) is 16.7 Å². The molecular formula is C33H49NO2S. The van der Waals surface area contributed by atoms with Gasteiger partial charge in [-0.1, -0.05) is 121 Å². The van der Waals surface area contributed by atoms with Gasteiger partial charge in [0.2, 0.25) is 5.91 Å². The molecule has 37 heavy (non-hydrogen) atoms. The van der Waals surface area contributed by atoms with Crippen LogP contribution in [0, 0.1) is 0 Å². The number of hydrogen-bond donors (Lipinski definition) is 2. The normalized spacial score (nSPS) is 11.3. The molecule has 0 aliphatic heterocycles. The SMILES string of the molecule is CCCCCCCCCCCCCCCCCCSc1cccc(NC(=O)/C=C/c2ccc(O)cc2)c1. The summed E-state index contributed by atoms with van der Waals surface area (Å²) in [7, 11) is 0. The van der Waals surface area contributed by atoms with Gasteiger partial charge in [-0.3, -0.25) is 4.79 Å². The Labute approximate surface area is 230 Å². The fourth-order valence-corrected chi connectivity index (χ4v) is 5.41. The zero-order chi connectivity index (χ0) is 26.4. The van der Waals surface area contributed by atoms with E-state index in [1.807, 2.05) is 30.0 Å². The second-order valence-corrected chi connectivity index (χ2v) is 11.3. The second kappa shape index (κ2) is 20.8. The van der Waals surface area contributed by atoms with E-state index >= 15 is 0 Å². The van der Waals surface area contributed by atoms with E-state index in [2.05, 4.69) is 18.3 Å². The maximum absolute atomic E-state index is 12.2. The molecule has 0 radical (unpaired) electrons. The van der Waals surface area contributed by atoms with Crippen LogP contribution >= 0.6 is 11.8 Å². The number of thioether (sulfide) groups is 1. The third-order valence-corrected chi connectivity index (χ3v) is 7.77. The van der Waals surface area contributed by atoms with E-state index in [0.717, 1.165) is 17.0 Å². The number of carbonyl (C=O) groups is 1. The van der Waals surface area contributed by atoms with Gasteiger partial charge in [-0.25, -0.2) is 0 Å². The molecule has 2 aromatic rings. The summed E-state index contributed by atoms with van der Waals surface area (Å²) < 4.78 is 0. The van der Waals surface area contributed by atoms with Crippen LogP contribution in [0.3, 0.4) is 0 Å². The summed E-state index contributed by atoms with van der Waals surface area (Å²) in [6.45, 7) is 2.29. The lowest BCUT2D eigenvalue weighted by atomic mass is 10.0. The molecule has 4 heteroatoms. The van der Waals surface area contributed by atoms with Crippen LogP contribution in [0.2, 0.25) is 0 Å². The largest absolute Gasteiger partial charge is 0.508 e. The first-order valence-electron chi connectivity index (χ1n) is 14.7. The Hall–Kier alpha value is -2.20. The summed E-state index contributed by atoms with van der Waals surface area (Å²) in [5.74, 6) is 1.18. The van der Waals surface area contributed by atoms with E-state index in [4.69, 9.17) is 0 Å². The summed E-state index contributed by atoms with van der Waals surface area (Å²) >= 11 is 1.87. The molecule has 0 saturated heterocycles. The first kappa shape index (κ1) is 31.0. The monoisotopic (exact) mass is 523 g/mol. The van der Waals surface area contributed by atoms with E-state index in [1.165, 1.54) is 114 Å². The predicted octanol–water partition coefficient (Wildman–Crippen LogP) is 10.4. The molecule has 0 aliphatic rings. The predicted molar refractivity (Wildman–Crippen MR) is 162 cm³/mol. The van der Waals surface area contributed by atoms with Crippen molar-refractivity contribution in [3.8, 4) is 5.75 Å². The standard InChI is InChI=1S/C33H49NO2S/c1-2-3-4-5-6-7-8-9-10-11-12-13-14-15-16-17-27-37-32-20-18-19-30(28-32)34-33(36)26-23-29-21-24-31(35)25-22-29/h18-26,28,35H,2-17,27H2,1H3,(H,34,36)/b26-23+. The lowest BCUT2D eigenvalue weighted by Gasteiger charge is -2.06. The first-order chi connectivity index (χ1) is 18.2. The number of amides is 1. The van der Waals surface area contributed by atoms with Crippen LogP contribution in [-0.2, 0) is 4.79 Å². The number of phenolic OH excluding ortho intramolecular Hbond substituents is 1. The van der Waals surface area contributed by atoms with Crippen LogP contribution in [-0.4, -0.2) is 16.8 Å². The minimum absolute atomic E-state index is 0.159. The molecule has 0 spiro atoms. The average molecular weight is 524 g/mol. The van der Waals surface area contributed by atoms with Gasteiger partial charge in [0.05, 0.1) is 0 Å². The number of unbranched alkanes of at least 4 members (excludes halogenated alkanes) is 15. The van der Waals surface area contributed by atoms with Gasteiger partial charge in [0.1, 0.15) is 5.75 Å². The maximum atomic E-state index is 12.2. The molecule has 0 saturated carbocycles. The van der Waals surface area contributed by atoms with Crippen LogP contribution in [0.4, 0.5) is 5.69 Å². The van der Waals surface area contributed by atoms with Gasteiger partial charge in [-0.05, 0) is 54.1 Å². The van der Waals surface area contributed by atoms with Crippen LogP contribution in [0.25, 0.3) is 6.08 Å². The van der Waals surface area contributed by atoms with Crippen molar-refractivity contribution in [3.05, 3.63) is 60.2 Å². The molecule has 0 unspecified atom stereocenters. The number of aromatic hydroxyl groups is 1. The van der Waals surface area contributed by atoms with Gasteiger partial charge in [0.25, 0.3) is 0 Å². The number of rotatable bonds is 21. The highest BCUT2D eigenvalue weighted by Gasteiger charge is 2.01. The highest BCUT2D eigenvalue weighted by Crippen LogP contribution is 2.23. The summed E-state index contributed by atoms with van der Waals surface area (Å²) in [5.41, 5.74) is 1.69. The molecule has 0 heterocycles. The number of benzene rings is 2. The van der Waals surface area contributed by atoms with Crippen molar-refractivity contribution in [1.82, 2.24) is 0 Å². The Morgan fingerprint density at radius 2 is 1.30 bits per heavy atom. The summed E-state index contributed by atoms with van der Waals surface area (Å²) in [5, 5.41) is 12.3. The van der Waals surface area contributed by atoms with Crippen molar-refractivity contribution in [2.45, 2.75) is 115 Å². The topological polar surface area (TPSA) is 49.3 Å². The fraction of sp³-hybridized carbons (Fsp3) is 0.545. The van der Waals surface area contributed by atoms with Crippen LogP contribution in [0.5, 0.6) is 5.75 Å². The molecule has 0 aromatic heterocycles. The molecule has 2 N–H and O–H groups in total. The zero-order valence-electron chi connectivity index (χ0n) is 23.1. The van der Waals surface area contributed by atoms with Gasteiger partial charge < -0.3 is 10.4 Å². The van der Waals surface area contributed by atoms with Gasteiger partial charge in [-0.15, -0.1) is 11.8 Å². The number of phenols is 1. The van der Waals surface area contributed by atoms with Crippen molar-refractivity contribution >= 4 is 29.4 Å². The first-order valence-corrected chi connectivity index (χ1v) is 15.7. The van der Waals surface area contributed by atoms with Gasteiger partial charge in [-0.2, -0.15) is 0 Å². The van der Waals surface area contributed by atoms with E-state index in [0.29, 0.717) is 0 Å². The van der Waals surface area contributed by atoms with E-state index in [9.17, 15) is 9.90 Å². The van der Waals surface area contributed by atoms with E-state index < -0.39 is 0 Å². The molecule has 204 valence electrons. The van der Waals surface area contributed by atoms with Crippen molar-refractivity contribution in [2.75, 3.05) is 11.1 Å². The molecule has 2 rings (SSSR count). The molecule has 0 fully saturated rings. The third kappa shape index (κ3) is 16.3. The highest BCUT2D eigenvalue weighted by atomic mass is 32.2. The molecular weight excluding hydrogens is 474 g/mol. The molecule has 1 amide bonds. The van der Waals surface area contributed by atoms with Crippen molar-refractivity contribution in [2.24, 2.45) is 0 Å². The Kier molecular flexibility index (Phi) is 17.4. The quantitative estimate of drug-likeness (QED) is 0.0971. The van der Waals surface area contributed by atoms with E-state index in [1.54, 1.807) is 30.3 Å². The Balaban J connectivity index is 1.45. The van der Waals surface area contributed by atoms with Crippen LogP contribution in [0.15, 0.2) is 59.5 Å². The molecule has 3 nitrogen and oxygen atoms in total. The summed E-state index contributed by atoms with van der Waals surface area (Å²) in [6, 6.07) is 14.8. The Bertz CT molecular complexity index is 878. The lowest BCUT2D eigenvalue weighted by molar-refractivity contribution is -0.111. The van der Waals surface area contributed by atoms with Crippen molar-refractivity contribution < 1.29 is 9.90 Å². The zero-order valence-corrected chi connectivity index (χ0v) is 23.9. The number of hydrogen-bond acceptors (Lipinski definition) is 3. The minimum atomic E-state index is -0.159. The lowest BCUT2D eigenvalue weighted by Crippen LogP contribution is -2.07. The number of anilines is 1. The van der Waals surface area contributed by atoms with Crippen LogP contribution in [0.1, 0.15) is 115 Å². The molecule has 0 atom stereocenters. The molecule has 2 aromatic carbocycles. The maximum Gasteiger partial charge on any atom is 0.248 e. The Morgan fingerprint density at radius 1 is 0.757 bits per heavy atom. The fourth-order valence-electron chi connectivity index (χ4n) is 4.45. The highest BCUT2D eigenvalue weighted by molar-refractivity contribution is 7.99. The number of carbonyl (C=O) groups excluding carboxylic acids is 1. The summed E-state index contributed by atoms with van der Waals surface area (Å²) in [6.07, 6.45) is 25.6. The molecule has 0 bridgehead atoms. The second-order valence-electron chi connectivity index (χ2n) is 10.1. The summed E-state index contributed by atoms with van der Waals surface area (Å²) in [4.78, 5) is 13.4. The Morgan fingerprint density at radius 3 is 1.86 bits per heavy atom. The average Bonchev–Trinajstić information content (AvgIpc) is 2.90. The molecule has 0 aliphatic carbocycles. The van der Waals surface area contributed by atoms with Crippen LogP contribution < -0.4 is 5.32 Å². The number of nitrogens with one attached hydrogen (secondary N) is 1. The van der Waals surface area contributed by atoms with Crippen molar-refractivity contribution in [1.29, 1.82) is 0 Å². The minimum Gasteiger partial charge on any atom is -0.508 e. The third-order valence-electron chi connectivity index (χ3n) is 6.69. The van der Waals surface area contributed by atoms with Crippen molar-refractivity contribution in [3.63, 3.8) is 0 Å². The van der Waals surface area contributed by atoms with E-state index in [-0.39, 0.29) is 11.7 Å². The van der Waals surface area contributed by atoms with Gasteiger partial charge in [0.15, 0.2) is 0 Å².